The molecule has 0 atom stereocenters. The fourth-order valence-electron chi connectivity index (χ4n) is 2.17. The van der Waals surface area contributed by atoms with E-state index in [2.05, 4.69) is 15.9 Å². The number of aromatic carboxylic acids is 1. The molecular weight excluding hydrogens is 372 g/mol. The molecule has 0 aliphatic carbocycles. The number of hydrogen-bond donors (Lipinski definition) is 1. The van der Waals surface area contributed by atoms with Crippen molar-refractivity contribution in [2.24, 2.45) is 0 Å². The Morgan fingerprint density at radius 3 is 2.45 bits per heavy atom. The van der Waals surface area contributed by atoms with E-state index in [0.29, 0.717) is 20.6 Å². The fourth-order valence-corrected chi connectivity index (χ4v) is 2.65. The molecule has 2 aromatic carbocycles. The molecule has 1 heterocycles. The summed E-state index contributed by atoms with van der Waals surface area (Å²) in [6.07, 6.45) is 0. The summed E-state index contributed by atoms with van der Waals surface area (Å²) < 4.78 is 6.34. The highest BCUT2D eigenvalue weighted by Gasteiger charge is 2.21. The van der Waals surface area contributed by atoms with Gasteiger partial charge >= 0.3 is 5.97 Å². The number of hydrogen-bond acceptors (Lipinski definition) is 3. The lowest BCUT2D eigenvalue weighted by Gasteiger charge is -2.07. The van der Waals surface area contributed by atoms with E-state index in [1.165, 1.54) is 0 Å². The Labute approximate surface area is 138 Å². The van der Waals surface area contributed by atoms with E-state index in [9.17, 15) is 14.7 Å². The molecule has 0 saturated heterocycles. The van der Waals surface area contributed by atoms with Crippen molar-refractivity contribution in [3.05, 3.63) is 67.7 Å². The smallest absolute Gasteiger partial charge is 0.343 e. The van der Waals surface area contributed by atoms with Gasteiger partial charge < -0.3 is 9.52 Å². The first kappa shape index (κ1) is 14.8. The number of fused-ring (bicyclic) bond motifs is 1. The summed E-state index contributed by atoms with van der Waals surface area (Å²) in [6, 6.07) is 11.3. The van der Waals surface area contributed by atoms with Gasteiger partial charge in [-0.3, -0.25) is 4.79 Å². The van der Waals surface area contributed by atoms with Gasteiger partial charge in [-0.25, -0.2) is 4.79 Å². The number of rotatable bonds is 2. The SMILES string of the molecule is O=C(O)c1c(-c2ccc(Cl)cc2)oc2ccc(Br)cc2c1=O. The van der Waals surface area contributed by atoms with E-state index in [0.717, 1.165) is 0 Å². The van der Waals surface area contributed by atoms with Crippen LogP contribution in [-0.2, 0) is 0 Å². The summed E-state index contributed by atoms with van der Waals surface area (Å²) >= 11 is 9.09. The van der Waals surface area contributed by atoms with Crippen molar-refractivity contribution < 1.29 is 14.3 Å². The molecule has 0 aliphatic rings. The number of carboxylic acid groups (broad SMARTS) is 1. The third-order valence-corrected chi connectivity index (χ3v) is 3.92. The highest BCUT2D eigenvalue weighted by Crippen LogP contribution is 2.28. The Hall–Kier alpha value is -2.11. The Bertz CT molecular complexity index is 945. The number of carbonyl (C=O) groups is 1. The van der Waals surface area contributed by atoms with Gasteiger partial charge in [0, 0.05) is 15.1 Å². The van der Waals surface area contributed by atoms with E-state index < -0.39 is 17.0 Å². The molecule has 0 aliphatic heterocycles. The summed E-state index contributed by atoms with van der Waals surface area (Å²) in [7, 11) is 0. The molecule has 3 aromatic rings. The van der Waals surface area contributed by atoms with E-state index in [1.54, 1.807) is 42.5 Å². The summed E-state index contributed by atoms with van der Waals surface area (Å²) in [5.41, 5.74) is -0.181. The van der Waals surface area contributed by atoms with E-state index >= 15 is 0 Å². The maximum atomic E-state index is 12.5. The lowest BCUT2D eigenvalue weighted by Crippen LogP contribution is -2.16. The normalized spacial score (nSPS) is 10.8. The van der Waals surface area contributed by atoms with Crippen molar-refractivity contribution in [3.8, 4) is 11.3 Å². The van der Waals surface area contributed by atoms with Gasteiger partial charge in [0.25, 0.3) is 0 Å². The molecule has 6 heteroatoms. The van der Waals surface area contributed by atoms with Crippen molar-refractivity contribution in [2.45, 2.75) is 0 Å². The number of halogens is 2. The van der Waals surface area contributed by atoms with Gasteiger partial charge in [-0.05, 0) is 42.5 Å². The highest BCUT2D eigenvalue weighted by molar-refractivity contribution is 9.10. The van der Waals surface area contributed by atoms with Gasteiger partial charge in [-0.1, -0.05) is 27.5 Å². The monoisotopic (exact) mass is 378 g/mol. The molecule has 110 valence electrons. The van der Waals surface area contributed by atoms with Crippen LogP contribution in [0.2, 0.25) is 5.02 Å². The second-order valence-corrected chi connectivity index (χ2v) is 5.94. The molecule has 0 saturated carbocycles. The molecule has 1 aromatic heterocycles. The minimum absolute atomic E-state index is 0.0176. The molecule has 0 radical (unpaired) electrons. The summed E-state index contributed by atoms with van der Waals surface area (Å²) in [5.74, 6) is -1.32. The molecular formula is C16H8BrClO4. The summed E-state index contributed by atoms with van der Waals surface area (Å²) in [6.45, 7) is 0. The zero-order chi connectivity index (χ0) is 15.9. The van der Waals surface area contributed by atoms with Crippen LogP contribution in [0.4, 0.5) is 0 Å². The van der Waals surface area contributed by atoms with Crippen LogP contribution in [-0.4, -0.2) is 11.1 Å². The fraction of sp³-hybridized carbons (Fsp3) is 0. The zero-order valence-corrected chi connectivity index (χ0v) is 13.3. The van der Waals surface area contributed by atoms with Gasteiger partial charge in [0.2, 0.25) is 5.43 Å². The average Bonchev–Trinajstić information content (AvgIpc) is 2.48. The molecule has 0 unspecified atom stereocenters. The van der Waals surface area contributed by atoms with Crippen LogP contribution in [0.1, 0.15) is 10.4 Å². The zero-order valence-electron chi connectivity index (χ0n) is 11.0. The Morgan fingerprint density at radius 1 is 1.14 bits per heavy atom. The van der Waals surface area contributed by atoms with Crippen LogP contribution in [0.25, 0.3) is 22.3 Å². The first-order valence-corrected chi connectivity index (χ1v) is 7.40. The molecule has 0 spiro atoms. The molecule has 3 rings (SSSR count). The largest absolute Gasteiger partial charge is 0.477 e. The van der Waals surface area contributed by atoms with Gasteiger partial charge in [-0.15, -0.1) is 0 Å². The standard InChI is InChI=1S/C16H8BrClO4/c17-9-3-6-12-11(7-9)14(19)13(16(20)21)15(22-12)8-1-4-10(18)5-2-8/h1-7H,(H,20,21). The second kappa shape index (κ2) is 5.59. The van der Waals surface area contributed by atoms with Crippen LogP contribution in [0.3, 0.4) is 0 Å². The van der Waals surface area contributed by atoms with Gasteiger partial charge in [-0.2, -0.15) is 0 Å². The van der Waals surface area contributed by atoms with Gasteiger partial charge in [0.05, 0.1) is 5.39 Å². The highest BCUT2D eigenvalue weighted by atomic mass is 79.9. The van der Waals surface area contributed by atoms with Crippen molar-refractivity contribution in [3.63, 3.8) is 0 Å². The predicted molar refractivity (Wildman–Crippen MR) is 87.6 cm³/mol. The van der Waals surface area contributed by atoms with Crippen molar-refractivity contribution in [2.75, 3.05) is 0 Å². The van der Waals surface area contributed by atoms with Crippen molar-refractivity contribution >= 4 is 44.5 Å². The minimum Gasteiger partial charge on any atom is -0.477 e. The Kier molecular flexibility index (Phi) is 3.76. The lowest BCUT2D eigenvalue weighted by atomic mass is 10.0. The Balaban J connectivity index is 2.41. The second-order valence-electron chi connectivity index (χ2n) is 4.59. The van der Waals surface area contributed by atoms with Crippen molar-refractivity contribution in [1.82, 2.24) is 0 Å². The number of carboxylic acids is 1. The van der Waals surface area contributed by atoms with Crippen LogP contribution >= 0.6 is 27.5 Å². The third kappa shape index (κ3) is 2.53. The first-order valence-electron chi connectivity index (χ1n) is 6.23. The maximum Gasteiger partial charge on any atom is 0.343 e. The molecule has 0 bridgehead atoms. The molecule has 0 amide bonds. The van der Waals surface area contributed by atoms with Crippen molar-refractivity contribution in [1.29, 1.82) is 0 Å². The molecule has 1 N–H and O–H groups in total. The topological polar surface area (TPSA) is 67.5 Å². The summed E-state index contributed by atoms with van der Waals surface area (Å²) in [5, 5.41) is 10.1. The summed E-state index contributed by atoms with van der Waals surface area (Å²) in [4.78, 5) is 24.0. The first-order chi connectivity index (χ1) is 10.5. The van der Waals surface area contributed by atoms with E-state index in [1.807, 2.05) is 0 Å². The Morgan fingerprint density at radius 2 is 1.82 bits per heavy atom. The van der Waals surface area contributed by atoms with Crippen LogP contribution in [0.15, 0.2) is 56.1 Å². The van der Waals surface area contributed by atoms with Crippen LogP contribution in [0, 0.1) is 0 Å². The van der Waals surface area contributed by atoms with Crippen LogP contribution in [0.5, 0.6) is 0 Å². The molecule has 0 fully saturated rings. The quantitative estimate of drug-likeness (QED) is 0.708. The number of benzene rings is 2. The molecule has 4 nitrogen and oxygen atoms in total. The van der Waals surface area contributed by atoms with Gasteiger partial charge in [0.1, 0.15) is 5.58 Å². The lowest BCUT2D eigenvalue weighted by molar-refractivity contribution is 0.0694. The maximum absolute atomic E-state index is 12.5. The van der Waals surface area contributed by atoms with E-state index in [-0.39, 0.29) is 11.1 Å². The van der Waals surface area contributed by atoms with Crippen LogP contribution < -0.4 is 5.43 Å². The predicted octanol–water partition coefficient (Wildman–Crippen LogP) is 4.57. The third-order valence-electron chi connectivity index (χ3n) is 3.17. The van der Waals surface area contributed by atoms with E-state index in [4.69, 9.17) is 16.0 Å². The molecule has 22 heavy (non-hydrogen) atoms. The average molecular weight is 380 g/mol. The van der Waals surface area contributed by atoms with Gasteiger partial charge in [0.15, 0.2) is 11.3 Å². The minimum atomic E-state index is -1.33.